The Hall–Kier alpha value is -2.89. The number of rotatable bonds is 17. The summed E-state index contributed by atoms with van der Waals surface area (Å²) in [6, 6.07) is 14.0. The Morgan fingerprint density at radius 2 is 1.59 bits per heavy atom. The highest BCUT2D eigenvalue weighted by Gasteiger charge is 2.19. The highest BCUT2D eigenvalue weighted by molar-refractivity contribution is 5.76. The number of ether oxygens (including phenoxy) is 4. The van der Waals surface area contributed by atoms with Crippen LogP contribution in [-0.2, 0) is 4.79 Å². The van der Waals surface area contributed by atoms with Crippen LogP contribution in [-0.4, -0.2) is 44.4 Å². The van der Waals surface area contributed by atoms with Crippen LogP contribution < -0.4 is 18.9 Å². The van der Waals surface area contributed by atoms with Crippen molar-refractivity contribution >= 4 is 5.91 Å². The van der Waals surface area contributed by atoms with Crippen LogP contribution in [0.15, 0.2) is 42.5 Å². The zero-order valence-electron chi connectivity index (χ0n) is 26.7. The molecule has 2 aromatic rings. The quantitative estimate of drug-likeness (QED) is 0.178. The maximum atomic E-state index is 12.0. The molecule has 0 radical (unpaired) electrons. The van der Waals surface area contributed by atoms with Crippen molar-refractivity contribution in [2.45, 2.75) is 98.8 Å². The number of hydrogen-bond donors (Lipinski definition) is 0. The van der Waals surface area contributed by atoms with Gasteiger partial charge in [-0.25, -0.2) is 0 Å². The van der Waals surface area contributed by atoms with Crippen LogP contribution in [0.25, 0.3) is 0 Å². The first-order valence-corrected chi connectivity index (χ1v) is 15.8. The molecule has 1 aliphatic heterocycles. The lowest BCUT2D eigenvalue weighted by Gasteiger charge is -2.23. The van der Waals surface area contributed by atoms with Crippen molar-refractivity contribution in [2.75, 3.05) is 33.6 Å². The molecule has 1 aliphatic rings. The number of methoxy groups -OCH3 is 1. The van der Waals surface area contributed by atoms with Crippen molar-refractivity contribution in [2.24, 2.45) is 11.8 Å². The van der Waals surface area contributed by atoms with Crippen LogP contribution in [0.4, 0.5) is 0 Å². The zero-order chi connectivity index (χ0) is 30.0. The first-order chi connectivity index (χ1) is 19.8. The number of unbranched alkanes of at least 4 members (excludes halogenated alkanes) is 3. The second-order valence-electron chi connectivity index (χ2n) is 11.6. The first kappa shape index (κ1) is 34.3. The fraction of sp³-hybridized carbons (Fsp3) is 0.629. The van der Waals surface area contributed by atoms with E-state index in [2.05, 4.69) is 58.6 Å². The Morgan fingerprint density at radius 1 is 0.902 bits per heavy atom. The molecule has 3 rings (SSSR count). The van der Waals surface area contributed by atoms with E-state index in [9.17, 15) is 4.79 Å². The molecule has 230 valence electrons. The molecular formula is C35H55NO5. The summed E-state index contributed by atoms with van der Waals surface area (Å²) in [6.45, 7) is 16.0. The molecule has 0 fully saturated rings. The highest BCUT2D eigenvalue weighted by Crippen LogP contribution is 2.37. The average molecular weight is 570 g/mol. The third kappa shape index (κ3) is 12.2. The first-order valence-electron chi connectivity index (χ1n) is 15.8. The van der Waals surface area contributed by atoms with Gasteiger partial charge in [-0.1, -0.05) is 79.0 Å². The molecule has 0 saturated carbocycles. The molecule has 0 N–H and O–H groups in total. The molecule has 41 heavy (non-hydrogen) atoms. The van der Waals surface area contributed by atoms with Crippen LogP contribution in [0, 0.1) is 11.8 Å². The van der Waals surface area contributed by atoms with Crippen molar-refractivity contribution in [1.29, 1.82) is 0 Å². The standard InChI is InChI=1S/C21H26O4.C14H29NO/c1-4-16(17-9-10-20-21(12-17)25-14-24-20)11-15(2)13-23-19-8-6-5-7-18(19)22-3;1-5-7-9-11-15(10-8-6-2)14(16)12-13(3)4/h5-10,12,15-16H,4,11,13-14H2,1-3H3;13H,5-12H2,1-4H3. The van der Waals surface area contributed by atoms with Gasteiger partial charge in [0.1, 0.15) is 0 Å². The fourth-order valence-corrected chi connectivity index (χ4v) is 4.97. The smallest absolute Gasteiger partial charge is 0.231 e. The number of hydrogen-bond acceptors (Lipinski definition) is 5. The van der Waals surface area contributed by atoms with E-state index in [-0.39, 0.29) is 0 Å². The molecule has 0 spiro atoms. The lowest BCUT2D eigenvalue weighted by Crippen LogP contribution is -2.33. The van der Waals surface area contributed by atoms with E-state index >= 15 is 0 Å². The topological polar surface area (TPSA) is 57.2 Å². The monoisotopic (exact) mass is 569 g/mol. The minimum Gasteiger partial charge on any atom is -0.493 e. The van der Waals surface area contributed by atoms with Gasteiger partial charge in [0.2, 0.25) is 12.7 Å². The predicted molar refractivity (Wildman–Crippen MR) is 168 cm³/mol. The van der Waals surface area contributed by atoms with Gasteiger partial charge < -0.3 is 23.8 Å². The number of para-hydroxylation sites is 2. The molecule has 2 aromatic carbocycles. The maximum Gasteiger partial charge on any atom is 0.231 e. The summed E-state index contributed by atoms with van der Waals surface area (Å²) in [5, 5.41) is 0. The Morgan fingerprint density at radius 3 is 2.24 bits per heavy atom. The Kier molecular flexibility index (Phi) is 16.1. The lowest BCUT2D eigenvalue weighted by atomic mass is 9.88. The number of nitrogens with zero attached hydrogens (tertiary/aromatic N) is 1. The summed E-state index contributed by atoms with van der Waals surface area (Å²) in [6.07, 6.45) is 8.76. The van der Waals surface area contributed by atoms with Crippen molar-refractivity contribution < 1.29 is 23.7 Å². The predicted octanol–water partition coefficient (Wildman–Crippen LogP) is 8.87. The van der Waals surface area contributed by atoms with Gasteiger partial charge in [0.05, 0.1) is 13.7 Å². The number of carbonyl (C=O) groups excluding carboxylic acids is 1. The summed E-state index contributed by atoms with van der Waals surface area (Å²) in [5.41, 5.74) is 1.30. The van der Waals surface area contributed by atoms with Crippen LogP contribution in [0.3, 0.4) is 0 Å². The van der Waals surface area contributed by atoms with Gasteiger partial charge in [-0.05, 0) is 73.3 Å². The molecule has 0 saturated heterocycles. The molecule has 6 heteroatoms. The van der Waals surface area contributed by atoms with E-state index in [1.807, 2.05) is 30.3 Å². The van der Waals surface area contributed by atoms with Gasteiger partial charge in [-0.3, -0.25) is 4.79 Å². The third-order valence-corrected chi connectivity index (χ3v) is 7.39. The Balaban J connectivity index is 0.000000320. The summed E-state index contributed by atoms with van der Waals surface area (Å²) in [5.74, 6) is 5.00. The van der Waals surface area contributed by atoms with Crippen molar-refractivity contribution in [3.05, 3.63) is 48.0 Å². The lowest BCUT2D eigenvalue weighted by molar-refractivity contribution is -0.132. The summed E-state index contributed by atoms with van der Waals surface area (Å²) >= 11 is 0. The number of fused-ring (bicyclic) bond motifs is 1. The van der Waals surface area contributed by atoms with Crippen LogP contribution in [0.2, 0.25) is 0 Å². The summed E-state index contributed by atoms with van der Waals surface area (Å²) in [4.78, 5) is 14.0. The van der Waals surface area contributed by atoms with Crippen molar-refractivity contribution in [1.82, 2.24) is 4.90 Å². The molecule has 6 nitrogen and oxygen atoms in total. The summed E-state index contributed by atoms with van der Waals surface area (Å²) < 4.78 is 22.2. The molecule has 0 aliphatic carbocycles. The van der Waals surface area contributed by atoms with Crippen LogP contribution in [0.5, 0.6) is 23.0 Å². The maximum absolute atomic E-state index is 12.0. The van der Waals surface area contributed by atoms with Gasteiger partial charge in [0.25, 0.3) is 0 Å². The molecule has 1 heterocycles. The number of benzene rings is 2. The largest absolute Gasteiger partial charge is 0.493 e. The second kappa shape index (κ2) is 19.3. The Bertz CT molecular complexity index is 1010. The van der Waals surface area contributed by atoms with E-state index in [0.717, 1.165) is 61.8 Å². The van der Waals surface area contributed by atoms with Crippen molar-refractivity contribution in [3.8, 4) is 23.0 Å². The van der Waals surface area contributed by atoms with E-state index < -0.39 is 0 Å². The molecule has 0 bridgehead atoms. The molecule has 1 amide bonds. The molecular weight excluding hydrogens is 514 g/mol. The van der Waals surface area contributed by atoms with Gasteiger partial charge in [0, 0.05) is 19.5 Å². The average Bonchev–Trinajstić information content (AvgIpc) is 3.45. The van der Waals surface area contributed by atoms with E-state index in [0.29, 0.717) is 43.5 Å². The fourth-order valence-electron chi connectivity index (χ4n) is 4.97. The van der Waals surface area contributed by atoms with Gasteiger partial charge >= 0.3 is 0 Å². The highest BCUT2D eigenvalue weighted by atomic mass is 16.7. The number of amides is 1. The molecule has 2 unspecified atom stereocenters. The third-order valence-electron chi connectivity index (χ3n) is 7.39. The summed E-state index contributed by atoms with van der Waals surface area (Å²) in [7, 11) is 1.67. The minimum absolute atomic E-state index is 0.318. The normalized spacial score (nSPS) is 13.3. The SMILES string of the molecule is CCC(CC(C)COc1ccccc1OC)c1ccc2c(c1)OCO2.CCCCCN(CCCC)C(=O)CC(C)C. The second-order valence-corrected chi connectivity index (χ2v) is 11.6. The minimum atomic E-state index is 0.318. The van der Waals surface area contributed by atoms with E-state index in [4.69, 9.17) is 18.9 Å². The van der Waals surface area contributed by atoms with E-state index in [1.54, 1.807) is 7.11 Å². The molecule has 2 atom stereocenters. The van der Waals surface area contributed by atoms with Gasteiger partial charge in [0.15, 0.2) is 23.0 Å². The van der Waals surface area contributed by atoms with Crippen molar-refractivity contribution in [3.63, 3.8) is 0 Å². The Labute approximate surface area is 249 Å². The van der Waals surface area contributed by atoms with Gasteiger partial charge in [-0.15, -0.1) is 0 Å². The van der Waals surface area contributed by atoms with Crippen LogP contribution in [0.1, 0.15) is 104 Å². The molecule has 0 aromatic heterocycles. The zero-order valence-corrected chi connectivity index (χ0v) is 26.7. The van der Waals surface area contributed by atoms with Gasteiger partial charge in [-0.2, -0.15) is 0 Å². The van der Waals surface area contributed by atoms with Crippen LogP contribution >= 0.6 is 0 Å². The number of carbonyl (C=O) groups is 1. The van der Waals surface area contributed by atoms with E-state index in [1.165, 1.54) is 24.8 Å².